The fourth-order valence-electron chi connectivity index (χ4n) is 1.38. The van der Waals surface area contributed by atoms with E-state index in [4.69, 9.17) is 0 Å². The molecule has 0 spiro atoms. The molecule has 2 atom stereocenters. The van der Waals surface area contributed by atoms with Crippen molar-refractivity contribution in [1.82, 2.24) is 10.2 Å². The molecule has 3 nitrogen and oxygen atoms in total. The monoisotopic (exact) mass is 178 g/mol. The van der Waals surface area contributed by atoms with Gasteiger partial charge in [0, 0.05) is 19.1 Å². The predicted octanol–water partition coefficient (Wildman–Crippen LogP) is 0.0702. The molecule has 1 heterocycles. The van der Waals surface area contributed by atoms with Crippen LogP contribution in [-0.4, -0.2) is 42.9 Å². The average molecular weight is 178 g/mol. The summed E-state index contributed by atoms with van der Waals surface area (Å²) in [5.74, 6) is 0. The minimum atomic E-state index is -2.47. The van der Waals surface area contributed by atoms with Gasteiger partial charge in [-0.2, -0.15) is 0 Å². The van der Waals surface area contributed by atoms with Crippen molar-refractivity contribution in [2.45, 2.75) is 25.4 Å². The second-order valence-corrected chi connectivity index (χ2v) is 2.96. The van der Waals surface area contributed by atoms with Gasteiger partial charge in [-0.15, -0.1) is 0 Å². The van der Waals surface area contributed by atoms with Gasteiger partial charge in [0.2, 0.25) is 6.41 Å². The molecule has 0 aromatic carbocycles. The van der Waals surface area contributed by atoms with Gasteiger partial charge in [0.15, 0.2) is 0 Å². The second-order valence-electron chi connectivity index (χ2n) is 2.96. The van der Waals surface area contributed by atoms with E-state index in [0.29, 0.717) is 13.0 Å². The van der Waals surface area contributed by atoms with E-state index < -0.39 is 12.5 Å². The van der Waals surface area contributed by atoms with Crippen LogP contribution in [0.5, 0.6) is 0 Å². The fourth-order valence-corrected chi connectivity index (χ4v) is 1.38. The highest BCUT2D eigenvalue weighted by Crippen LogP contribution is 2.13. The molecule has 1 rings (SSSR count). The van der Waals surface area contributed by atoms with Gasteiger partial charge in [-0.3, -0.25) is 4.79 Å². The van der Waals surface area contributed by atoms with Crippen molar-refractivity contribution in [2.75, 3.05) is 13.1 Å². The molecule has 1 saturated heterocycles. The second kappa shape index (κ2) is 3.80. The van der Waals surface area contributed by atoms with Gasteiger partial charge in [0.1, 0.15) is 6.04 Å². The molecule has 1 aliphatic heterocycles. The Labute approximate surface area is 69.7 Å². The Morgan fingerprint density at radius 3 is 2.67 bits per heavy atom. The third-order valence-corrected chi connectivity index (χ3v) is 2.10. The molecule has 1 N–H and O–H groups in total. The number of alkyl halides is 2. The molecule has 70 valence electrons. The summed E-state index contributed by atoms with van der Waals surface area (Å²) in [6.45, 7) is 2.51. The van der Waals surface area contributed by atoms with E-state index in [9.17, 15) is 13.6 Å². The van der Waals surface area contributed by atoms with Gasteiger partial charge >= 0.3 is 0 Å². The Kier molecular flexibility index (Phi) is 2.97. The maximum absolute atomic E-state index is 12.3. The Morgan fingerprint density at radius 2 is 2.25 bits per heavy atom. The largest absolute Gasteiger partial charge is 0.331 e. The van der Waals surface area contributed by atoms with Crippen molar-refractivity contribution in [3.8, 4) is 0 Å². The number of hydrogen-bond acceptors (Lipinski definition) is 2. The topological polar surface area (TPSA) is 32.3 Å². The normalized spacial score (nSPS) is 30.8. The summed E-state index contributed by atoms with van der Waals surface area (Å²) in [7, 11) is 0. The first-order chi connectivity index (χ1) is 5.66. The van der Waals surface area contributed by atoms with Crippen LogP contribution in [0.1, 0.15) is 6.92 Å². The lowest BCUT2D eigenvalue weighted by molar-refractivity contribution is -0.128. The summed E-state index contributed by atoms with van der Waals surface area (Å²) in [5, 5.41) is 2.85. The minimum absolute atomic E-state index is 0.143. The van der Waals surface area contributed by atoms with Crippen LogP contribution >= 0.6 is 0 Å². The summed E-state index contributed by atoms with van der Waals surface area (Å²) >= 11 is 0. The number of nitrogens with one attached hydrogen (secondary N) is 1. The molecule has 1 fully saturated rings. The molecular formula is C7H12F2N2O. The third-order valence-electron chi connectivity index (χ3n) is 2.10. The number of carbonyl (C=O) groups excluding carboxylic acids is 1. The zero-order chi connectivity index (χ0) is 9.14. The van der Waals surface area contributed by atoms with E-state index in [2.05, 4.69) is 5.32 Å². The highest BCUT2D eigenvalue weighted by Gasteiger charge is 2.32. The molecule has 5 heteroatoms. The summed E-state index contributed by atoms with van der Waals surface area (Å²) in [6.07, 6.45) is -1.96. The van der Waals surface area contributed by atoms with Crippen molar-refractivity contribution in [3.63, 3.8) is 0 Å². The number of nitrogens with zero attached hydrogens (tertiary/aromatic N) is 1. The lowest BCUT2D eigenvalue weighted by atomic mass is 10.1. The number of piperazine rings is 1. The number of rotatable bonds is 2. The summed E-state index contributed by atoms with van der Waals surface area (Å²) in [4.78, 5) is 11.6. The van der Waals surface area contributed by atoms with Gasteiger partial charge in [0.05, 0.1) is 0 Å². The third kappa shape index (κ3) is 1.72. The predicted molar refractivity (Wildman–Crippen MR) is 40.0 cm³/mol. The van der Waals surface area contributed by atoms with E-state index in [1.165, 1.54) is 4.90 Å². The minimum Gasteiger partial charge on any atom is -0.331 e. The van der Waals surface area contributed by atoms with E-state index >= 15 is 0 Å². The molecule has 0 saturated carbocycles. The lowest BCUT2D eigenvalue weighted by Crippen LogP contribution is -2.58. The lowest BCUT2D eigenvalue weighted by Gasteiger charge is -2.37. The van der Waals surface area contributed by atoms with Crippen LogP contribution in [-0.2, 0) is 4.79 Å². The average Bonchev–Trinajstić information content (AvgIpc) is 2.03. The van der Waals surface area contributed by atoms with E-state index in [0.717, 1.165) is 0 Å². The van der Waals surface area contributed by atoms with E-state index in [1.807, 2.05) is 0 Å². The van der Waals surface area contributed by atoms with Crippen LogP contribution < -0.4 is 5.32 Å². The summed E-state index contributed by atoms with van der Waals surface area (Å²) in [5.41, 5.74) is 0. The van der Waals surface area contributed by atoms with E-state index in [1.54, 1.807) is 6.92 Å². The molecule has 1 amide bonds. The summed E-state index contributed by atoms with van der Waals surface area (Å²) in [6, 6.07) is -1.11. The number of hydrogen-bond donors (Lipinski definition) is 1. The Morgan fingerprint density at radius 1 is 1.58 bits per heavy atom. The highest BCUT2D eigenvalue weighted by molar-refractivity contribution is 5.49. The van der Waals surface area contributed by atoms with Crippen LogP contribution in [0.25, 0.3) is 0 Å². The van der Waals surface area contributed by atoms with Crippen LogP contribution in [0.2, 0.25) is 0 Å². The molecule has 0 bridgehead atoms. The number of halogens is 2. The number of carbonyl (C=O) groups is 1. The molecule has 0 aromatic heterocycles. The van der Waals surface area contributed by atoms with Crippen molar-refractivity contribution in [2.24, 2.45) is 0 Å². The quantitative estimate of drug-likeness (QED) is 0.607. The molecule has 0 radical (unpaired) electrons. The maximum atomic E-state index is 12.3. The van der Waals surface area contributed by atoms with Crippen molar-refractivity contribution in [1.29, 1.82) is 0 Å². The SMILES string of the molecule is CC1CNCC(C(F)F)N1C=O. The van der Waals surface area contributed by atoms with Crippen LogP contribution in [0, 0.1) is 0 Å². The molecular weight excluding hydrogens is 166 g/mol. The van der Waals surface area contributed by atoms with Gasteiger partial charge in [-0.1, -0.05) is 0 Å². The first-order valence-corrected chi connectivity index (χ1v) is 3.88. The van der Waals surface area contributed by atoms with Crippen LogP contribution in [0.15, 0.2) is 0 Å². The van der Waals surface area contributed by atoms with Gasteiger partial charge in [-0.05, 0) is 6.92 Å². The van der Waals surface area contributed by atoms with Crippen LogP contribution in [0.4, 0.5) is 8.78 Å². The first kappa shape index (κ1) is 9.38. The first-order valence-electron chi connectivity index (χ1n) is 3.88. The van der Waals surface area contributed by atoms with Gasteiger partial charge in [0.25, 0.3) is 6.43 Å². The highest BCUT2D eigenvalue weighted by atomic mass is 19.3. The Hall–Kier alpha value is -0.710. The molecule has 1 aliphatic rings. The zero-order valence-electron chi connectivity index (χ0n) is 6.84. The van der Waals surface area contributed by atoms with Gasteiger partial charge < -0.3 is 10.2 Å². The Balaban J connectivity index is 2.63. The standard InChI is InChI=1S/C7H12F2N2O/c1-5-2-10-3-6(7(8)9)11(5)4-12/h4-7,10H,2-3H2,1H3. The fraction of sp³-hybridized carbons (Fsp3) is 0.857. The van der Waals surface area contributed by atoms with Crippen molar-refractivity contribution < 1.29 is 13.6 Å². The molecule has 0 aliphatic carbocycles. The molecule has 12 heavy (non-hydrogen) atoms. The Bertz CT molecular complexity index is 165. The van der Waals surface area contributed by atoms with Crippen molar-refractivity contribution in [3.05, 3.63) is 0 Å². The molecule has 0 aromatic rings. The zero-order valence-corrected chi connectivity index (χ0v) is 6.84. The van der Waals surface area contributed by atoms with Crippen LogP contribution in [0.3, 0.4) is 0 Å². The molecule has 2 unspecified atom stereocenters. The number of amides is 1. The maximum Gasteiger partial charge on any atom is 0.259 e. The van der Waals surface area contributed by atoms with Crippen molar-refractivity contribution >= 4 is 6.41 Å². The van der Waals surface area contributed by atoms with E-state index in [-0.39, 0.29) is 12.6 Å². The smallest absolute Gasteiger partial charge is 0.259 e. The van der Waals surface area contributed by atoms with Gasteiger partial charge in [-0.25, -0.2) is 8.78 Å². The summed E-state index contributed by atoms with van der Waals surface area (Å²) < 4.78 is 24.6.